The molecule has 0 spiro atoms. The first-order valence-electron chi connectivity index (χ1n) is 10.9. The molecule has 6 nitrogen and oxygen atoms in total. The number of nitrogens with one attached hydrogen (secondary N) is 2. The van der Waals surface area contributed by atoms with Crippen LogP contribution in [0.5, 0.6) is 0 Å². The summed E-state index contributed by atoms with van der Waals surface area (Å²) in [5, 5.41) is 14.8. The van der Waals surface area contributed by atoms with E-state index >= 15 is 0 Å². The van der Waals surface area contributed by atoms with Crippen LogP contribution in [-0.4, -0.2) is 36.4 Å². The molecule has 3 aromatic carbocycles. The fourth-order valence-corrected chi connectivity index (χ4v) is 4.11. The number of carbonyl (C=O) groups is 2. The monoisotopic (exact) mass is 442 g/mol. The minimum atomic E-state index is -1.26. The second kappa shape index (κ2) is 10.6. The van der Waals surface area contributed by atoms with Gasteiger partial charge in [-0.3, -0.25) is 4.79 Å². The molecule has 0 unspecified atom stereocenters. The number of carbonyl (C=O) groups excluding carboxylic acids is 1. The first kappa shape index (κ1) is 22.3. The van der Waals surface area contributed by atoms with E-state index in [0.29, 0.717) is 18.9 Å². The molecule has 168 valence electrons. The Morgan fingerprint density at radius 2 is 1.45 bits per heavy atom. The lowest BCUT2D eigenvalue weighted by Crippen LogP contribution is -2.47. The third kappa shape index (κ3) is 5.67. The van der Waals surface area contributed by atoms with Crippen LogP contribution in [0.15, 0.2) is 91.0 Å². The Kier molecular flexibility index (Phi) is 7.17. The predicted octanol–water partition coefficient (Wildman–Crippen LogP) is 4.90. The molecule has 0 radical (unpaired) electrons. The van der Waals surface area contributed by atoms with Crippen LogP contribution in [0.3, 0.4) is 0 Å². The Balaban J connectivity index is 1.61. The zero-order chi connectivity index (χ0) is 23.0. The third-order valence-corrected chi connectivity index (χ3v) is 5.70. The molecule has 0 saturated carbocycles. The van der Waals surface area contributed by atoms with E-state index in [1.807, 2.05) is 84.9 Å². The predicted molar refractivity (Wildman–Crippen MR) is 128 cm³/mol. The van der Waals surface area contributed by atoms with Gasteiger partial charge in [0, 0.05) is 11.6 Å². The van der Waals surface area contributed by atoms with Crippen molar-refractivity contribution in [1.82, 2.24) is 5.32 Å². The van der Waals surface area contributed by atoms with Crippen molar-refractivity contribution in [3.05, 3.63) is 108 Å². The zero-order valence-electron chi connectivity index (χ0n) is 18.1. The standard InChI is InChI=1S/C27H26N2O4/c30-26(28-23-13-11-19(12-14-23)20-15-17-33-18-16-20)25(29-27(31)32)24(21-7-3-1-4-8-21)22-9-5-2-6-10-22/h1-15,24-25,29H,16-18H2,(H,28,30)(H,31,32)/t25-/m0/s1. The molecule has 0 aliphatic carbocycles. The second-order valence-corrected chi connectivity index (χ2v) is 7.85. The highest BCUT2D eigenvalue weighted by Gasteiger charge is 2.32. The van der Waals surface area contributed by atoms with Gasteiger partial charge in [0.1, 0.15) is 6.04 Å². The van der Waals surface area contributed by atoms with Crippen molar-refractivity contribution in [3.8, 4) is 0 Å². The van der Waals surface area contributed by atoms with Gasteiger partial charge in [-0.05, 0) is 40.8 Å². The summed E-state index contributed by atoms with van der Waals surface area (Å²) in [6.45, 7) is 1.31. The lowest BCUT2D eigenvalue weighted by atomic mass is 9.84. The minimum absolute atomic E-state index is 0.423. The Hall–Kier alpha value is -3.90. The van der Waals surface area contributed by atoms with Crippen LogP contribution in [-0.2, 0) is 9.53 Å². The number of hydrogen-bond acceptors (Lipinski definition) is 3. The maximum Gasteiger partial charge on any atom is 0.405 e. The number of rotatable bonds is 7. The average molecular weight is 443 g/mol. The van der Waals surface area contributed by atoms with Gasteiger partial charge in [-0.15, -0.1) is 0 Å². The number of ether oxygens (including phenoxy) is 1. The molecular weight excluding hydrogens is 416 g/mol. The van der Waals surface area contributed by atoms with Gasteiger partial charge in [0.2, 0.25) is 5.91 Å². The molecule has 0 saturated heterocycles. The number of carboxylic acid groups (broad SMARTS) is 1. The summed E-state index contributed by atoms with van der Waals surface area (Å²) in [6.07, 6.45) is 1.66. The Morgan fingerprint density at radius 1 is 0.848 bits per heavy atom. The summed E-state index contributed by atoms with van der Waals surface area (Å²) in [5.41, 5.74) is 4.60. The molecule has 0 aromatic heterocycles. The fourth-order valence-electron chi connectivity index (χ4n) is 4.11. The molecule has 2 amide bonds. The maximum atomic E-state index is 13.4. The molecule has 33 heavy (non-hydrogen) atoms. The van der Waals surface area contributed by atoms with Gasteiger partial charge < -0.3 is 20.5 Å². The lowest BCUT2D eigenvalue weighted by molar-refractivity contribution is -0.118. The Bertz CT molecular complexity index is 1070. The highest BCUT2D eigenvalue weighted by atomic mass is 16.5. The smallest absolute Gasteiger partial charge is 0.405 e. The van der Waals surface area contributed by atoms with Gasteiger partial charge in [-0.1, -0.05) is 78.9 Å². The van der Waals surface area contributed by atoms with Crippen molar-refractivity contribution in [2.24, 2.45) is 0 Å². The number of benzene rings is 3. The third-order valence-electron chi connectivity index (χ3n) is 5.70. The summed E-state index contributed by atoms with van der Waals surface area (Å²) in [7, 11) is 0. The van der Waals surface area contributed by atoms with Crippen molar-refractivity contribution in [3.63, 3.8) is 0 Å². The Morgan fingerprint density at radius 3 is 1.97 bits per heavy atom. The topological polar surface area (TPSA) is 87.7 Å². The van der Waals surface area contributed by atoms with Gasteiger partial charge >= 0.3 is 6.09 Å². The molecule has 1 atom stereocenters. The van der Waals surface area contributed by atoms with E-state index < -0.39 is 24.0 Å². The van der Waals surface area contributed by atoms with E-state index in [9.17, 15) is 14.7 Å². The summed E-state index contributed by atoms with van der Waals surface area (Å²) >= 11 is 0. The minimum Gasteiger partial charge on any atom is -0.465 e. The van der Waals surface area contributed by atoms with E-state index in [-0.39, 0.29) is 0 Å². The van der Waals surface area contributed by atoms with E-state index in [4.69, 9.17) is 4.74 Å². The van der Waals surface area contributed by atoms with Gasteiger partial charge in [0.05, 0.1) is 13.2 Å². The summed E-state index contributed by atoms with van der Waals surface area (Å²) in [5.74, 6) is -0.914. The van der Waals surface area contributed by atoms with Crippen molar-refractivity contribution in [1.29, 1.82) is 0 Å². The quantitative estimate of drug-likeness (QED) is 0.486. The molecular formula is C27H26N2O4. The van der Waals surface area contributed by atoms with Crippen LogP contribution in [0.2, 0.25) is 0 Å². The molecule has 3 N–H and O–H groups in total. The Labute approximate surface area is 192 Å². The zero-order valence-corrected chi connectivity index (χ0v) is 18.1. The van der Waals surface area contributed by atoms with Gasteiger partial charge in [0.25, 0.3) is 0 Å². The first-order valence-corrected chi connectivity index (χ1v) is 10.9. The van der Waals surface area contributed by atoms with E-state index in [0.717, 1.165) is 23.1 Å². The fraction of sp³-hybridized carbons (Fsp3) is 0.185. The summed E-state index contributed by atoms with van der Waals surface area (Å²) in [6, 6.07) is 25.5. The number of anilines is 1. The normalized spacial score (nSPS) is 14.3. The molecule has 4 rings (SSSR count). The van der Waals surface area contributed by atoms with Crippen LogP contribution in [0.25, 0.3) is 5.57 Å². The molecule has 1 heterocycles. The van der Waals surface area contributed by atoms with Crippen molar-refractivity contribution in [2.75, 3.05) is 18.5 Å². The molecule has 1 aliphatic rings. The molecule has 0 bridgehead atoms. The van der Waals surface area contributed by atoms with Crippen LogP contribution >= 0.6 is 0 Å². The van der Waals surface area contributed by atoms with Crippen LogP contribution in [0.4, 0.5) is 10.5 Å². The molecule has 3 aromatic rings. The van der Waals surface area contributed by atoms with Crippen molar-refractivity contribution >= 4 is 23.3 Å². The van der Waals surface area contributed by atoms with Crippen LogP contribution in [0, 0.1) is 0 Å². The number of amides is 2. The summed E-state index contributed by atoms with van der Waals surface area (Å²) in [4.78, 5) is 25.0. The van der Waals surface area contributed by atoms with Crippen molar-refractivity contribution < 1.29 is 19.4 Å². The van der Waals surface area contributed by atoms with Crippen LogP contribution in [0.1, 0.15) is 29.0 Å². The van der Waals surface area contributed by atoms with E-state index in [1.54, 1.807) is 0 Å². The molecule has 0 fully saturated rings. The highest BCUT2D eigenvalue weighted by Crippen LogP contribution is 2.29. The van der Waals surface area contributed by atoms with E-state index in [1.165, 1.54) is 5.57 Å². The van der Waals surface area contributed by atoms with Crippen LogP contribution < -0.4 is 10.6 Å². The highest BCUT2D eigenvalue weighted by molar-refractivity contribution is 5.97. The van der Waals surface area contributed by atoms with Gasteiger partial charge in [0.15, 0.2) is 0 Å². The largest absolute Gasteiger partial charge is 0.465 e. The van der Waals surface area contributed by atoms with Gasteiger partial charge in [-0.2, -0.15) is 0 Å². The van der Waals surface area contributed by atoms with Crippen molar-refractivity contribution in [2.45, 2.75) is 18.4 Å². The SMILES string of the molecule is O=C(O)N[C@H](C(=O)Nc1ccc(C2=CCOCC2)cc1)C(c1ccccc1)c1ccccc1. The molecule has 1 aliphatic heterocycles. The maximum absolute atomic E-state index is 13.4. The number of hydrogen-bond donors (Lipinski definition) is 3. The lowest BCUT2D eigenvalue weighted by Gasteiger charge is -2.27. The molecule has 6 heteroatoms. The van der Waals surface area contributed by atoms with Gasteiger partial charge in [-0.25, -0.2) is 4.79 Å². The second-order valence-electron chi connectivity index (χ2n) is 7.85. The van der Waals surface area contributed by atoms with E-state index in [2.05, 4.69) is 16.7 Å². The first-order chi connectivity index (χ1) is 16.1. The summed E-state index contributed by atoms with van der Waals surface area (Å²) < 4.78 is 5.36. The average Bonchev–Trinajstić information content (AvgIpc) is 2.86.